The number of hydrogen-bond donors (Lipinski definition) is 1. The van der Waals surface area contributed by atoms with Gasteiger partial charge in [-0.05, 0) is 12.8 Å². The second-order valence-corrected chi connectivity index (χ2v) is 6.21. The number of carbonyl (C=O) groups is 2. The van der Waals surface area contributed by atoms with E-state index in [9.17, 15) is 9.59 Å². The molecule has 0 aromatic heterocycles. The van der Waals surface area contributed by atoms with Crippen molar-refractivity contribution in [1.82, 2.24) is 10.2 Å². The molecule has 3 aliphatic rings. The first kappa shape index (κ1) is 14.8. The molecule has 2 amide bonds. The Labute approximate surface area is 125 Å². The third-order valence-electron chi connectivity index (χ3n) is 4.76. The molecule has 6 nitrogen and oxygen atoms in total. The molecule has 118 valence electrons. The van der Waals surface area contributed by atoms with E-state index in [0.717, 1.165) is 25.7 Å². The maximum Gasteiger partial charge on any atom is 0.311 e. The highest BCUT2D eigenvalue weighted by Gasteiger charge is 2.41. The zero-order valence-electron chi connectivity index (χ0n) is 12.4. The van der Waals surface area contributed by atoms with E-state index >= 15 is 0 Å². The number of piperidine rings is 1. The Kier molecular flexibility index (Phi) is 4.45. The van der Waals surface area contributed by atoms with Crippen LogP contribution in [0.25, 0.3) is 0 Å². The van der Waals surface area contributed by atoms with Crippen LogP contribution in [0, 0.1) is 0 Å². The van der Waals surface area contributed by atoms with Gasteiger partial charge in [0, 0.05) is 32.0 Å². The summed E-state index contributed by atoms with van der Waals surface area (Å²) in [6.07, 6.45) is 6.78. The maximum atomic E-state index is 12.2. The number of amides is 2. The molecule has 1 N–H and O–H groups in total. The van der Waals surface area contributed by atoms with Gasteiger partial charge in [-0.25, -0.2) is 0 Å². The number of carbonyl (C=O) groups excluding carboxylic acids is 2. The Morgan fingerprint density at radius 1 is 1.00 bits per heavy atom. The smallest absolute Gasteiger partial charge is 0.311 e. The van der Waals surface area contributed by atoms with Crippen LogP contribution in [0.1, 0.15) is 44.9 Å². The van der Waals surface area contributed by atoms with Gasteiger partial charge in [0.1, 0.15) is 0 Å². The Bertz CT molecular complexity index is 390. The summed E-state index contributed by atoms with van der Waals surface area (Å²) >= 11 is 0. The third-order valence-corrected chi connectivity index (χ3v) is 4.76. The van der Waals surface area contributed by atoms with Crippen molar-refractivity contribution >= 4 is 11.8 Å². The van der Waals surface area contributed by atoms with Crippen molar-refractivity contribution in [3.8, 4) is 0 Å². The number of nitrogens with zero attached hydrogens (tertiary/aromatic N) is 1. The van der Waals surface area contributed by atoms with E-state index in [2.05, 4.69) is 5.32 Å². The molecule has 3 rings (SSSR count). The molecule has 2 saturated heterocycles. The summed E-state index contributed by atoms with van der Waals surface area (Å²) in [4.78, 5) is 25.9. The normalized spacial score (nSPS) is 26.0. The van der Waals surface area contributed by atoms with Gasteiger partial charge in [0.15, 0.2) is 5.79 Å². The molecule has 6 heteroatoms. The Balaban J connectivity index is 1.47. The zero-order chi connectivity index (χ0) is 14.7. The molecule has 2 aliphatic heterocycles. The molecule has 3 fully saturated rings. The van der Waals surface area contributed by atoms with Gasteiger partial charge in [0.05, 0.1) is 13.2 Å². The topological polar surface area (TPSA) is 67.9 Å². The molecule has 2 heterocycles. The SMILES string of the molecule is O=C(NC1CCCCC1)C(=O)N1CCC2(CC1)OCCO2. The second kappa shape index (κ2) is 6.32. The summed E-state index contributed by atoms with van der Waals surface area (Å²) in [6.45, 7) is 2.29. The Hall–Kier alpha value is -1.14. The second-order valence-electron chi connectivity index (χ2n) is 6.21. The summed E-state index contributed by atoms with van der Waals surface area (Å²) < 4.78 is 11.3. The van der Waals surface area contributed by atoms with Crippen molar-refractivity contribution in [3.63, 3.8) is 0 Å². The van der Waals surface area contributed by atoms with Crippen molar-refractivity contribution in [3.05, 3.63) is 0 Å². The van der Waals surface area contributed by atoms with Crippen LogP contribution < -0.4 is 5.32 Å². The molecule has 0 bridgehead atoms. The molecule has 0 unspecified atom stereocenters. The fraction of sp³-hybridized carbons (Fsp3) is 0.867. The summed E-state index contributed by atoms with van der Waals surface area (Å²) in [5.41, 5.74) is 0. The average Bonchev–Trinajstić information content (AvgIpc) is 2.96. The molecule has 0 atom stereocenters. The largest absolute Gasteiger partial charge is 0.347 e. The van der Waals surface area contributed by atoms with Gasteiger partial charge in [-0.1, -0.05) is 19.3 Å². The lowest BCUT2D eigenvalue weighted by Gasteiger charge is -2.37. The van der Waals surface area contributed by atoms with Gasteiger partial charge in [-0.15, -0.1) is 0 Å². The molecule has 1 saturated carbocycles. The van der Waals surface area contributed by atoms with E-state index in [4.69, 9.17) is 9.47 Å². The summed E-state index contributed by atoms with van der Waals surface area (Å²) in [5, 5.41) is 2.88. The first-order valence-electron chi connectivity index (χ1n) is 8.06. The lowest BCUT2D eigenvalue weighted by atomic mass is 9.95. The van der Waals surface area contributed by atoms with Crippen LogP contribution in [0.2, 0.25) is 0 Å². The molecule has 1 spiro atoms. The summed E-state index contributed by atoms with van der Waals surface area (Å²) in [5.74, 6) is -1.36. The fourth-order valence-corrected chi connectivity index (χ4v) is 3.47. The van der Waals surface area contributed by atoms with Crippen LogP contribution in [0.15, 0.2) is 0 Å². The van der Waals surface area contributed by atoms with E-state index < -0.39 is 17.6 Å². The monoisotopic (exact) mass is 296 g/mol. The molecule has 0 aromatic rings. The predicted octanol–water partition coefficient (Wildman–Crippen LogP) is 0.801. The first-order valence-corrected chi connectivity index (χ1v) is 8.06. The van der Waals surface area contributed by atoms with Crippen LogP contribution in [-0.4, -0.2) is 54.8 Å². The van der Waals surface area contributed by atoms with Crippen LogP contribution in [0.5, 0.6) is 0 Å². The Morgan fingerprint density at radius 2 is 1.62 bits per heavy atom. The zero-order valence-corrected chi connectivity index (χ0v) is 12.4. The van der Waals surface area contributed by atoms with Gasteiger partial charge < -0.3 is 19.7 Å². The van der Waals surface area contributed by atoms with Crippen molar-refractivity contribution in [1.29, 1.82) is 0 Å². The van der Waals surface area contributed by atoms with Crippen LogP contribution in [-0.2, 0) is 19.1 Å². The molecule has 0 radical (unpaired) electrons. The summed E-state index contributed by atoms with van der Waals surface area (Å²) in [6, 6.07) is 0.174. The van der Waals surface area contributed by atoms with Crippen LogP contribution in [0.3, 0.4) is 0 Å². The number of hydrogen-bond acceptors (Lipinski definition) is 4. The number of likely N-dealkylation sites (tertiary alicyclic amines) is 1. The minimum absolute atomic E-state index is 0.174. The van der Waals surface area contributed by atoms with Gasteiger partial charge in [0.25, 0.3) is 0 Å². The van der Waals surface area contributed by atoms with Crippen LogP contribution in [0.4, 0.5) is 0 Å². The maximum absolute atomic E-state index is 12.2. The van der Waals surface area contributed by atoms with Crippen molar-refractivity contribution in [2.24, 2.45) is 0 Å². The Morgan fingerprint density at radius 3 is 2.24 bits per heavy atom. The van der Waals surface area contributed by atoms with E-state index in [-0.39, 0.29) is 6.04 Å². The lowest BCUT2D eigenvalue weighted by Crippen LogP contribution is -2.52. The predicted molar refractivity (Wildman–Crippen MR) is 75.5 cm³/mol. The lowest BCUT2D eigenvalue weighted by molar-refractivity contribution is -0.188. The first-order chi connectivity index (χ1) is 10.2. The minimum atomic E-state index is -0.503. The van der Waals surface area contributed by atoms with Crippen molar-refractivity contribution in [2.45, 2.75) is 56.8 Å². The summed E-state index contributed by atoms with van der Waals surface area (Å²) in [7, 11) is 0. The number of nitrogens with one attached hydrogen (secondary N) is 1. The molecular weight excluding hydrogens is 272 g/mol. The van der Waals surface area contributed by atoms with Gasteiger partial charge in [-0.2, -0.15) is 0 Å². The minimum Gasteiger partial charge on any atom is -0.347 e. The molecule has 1 aliphatic carbocycles. The van der Waals surface area contributed by atoms with Crippen molar-refractivity contribution in [2.75, 3.05) is 26.3 Å². The van der Waals surface area contributed by atoms with E-state index in [1.54, 1.807) is 4.90 Å². The quantitative estimate of drug-likeness (QED) is 0.727. The van der Waals surface area contributed by atoms with E-state index in [1.165, 1.54) is 6.42 Å². The molecular formula is C15H24N2O4. The standard InChI is InChI=1S/C15H24N2O4/c18-13(16-12-4-2-1-3-5-12)14(19)17-8-6-15(7-9-17)20-10-11-21-15/h12H,1-11H2,(H,16,18). The van der Waals surface area contributed by atoms with Gasteiger partial charge in [-0.3, -0.25) is 9.59 Å². The van der Waals surface area contributed by atoms with E-state index in [1.807, 2.05) is 0 Å². The van der Waals surface area contributed by atoms with Gasteiger partial charge >= 0.3 is 11.8 Å². The van der Waals surface area contributed by atoms with Crippen molar-refractivity contribution < 1.29 is 19.1 Å². The van der Waals surface area contributed by atoms with Gasteiger partial charge in [0.2, 0.25) is 0 Å². The van der Waals surface area contributed by atoms with E-state index in [0.29, 0.717) is 39.1 Å². The number of rotatable bonds is 1. The highest BCUT2D eigenvalue weighted by Crippen LogP contribution is 2.31. The molecule has 21 heavy (non-hydrogen) atoms. The molecule has 0 aromatic carbocycles. The number of ether oxygens (including phenoxy) is 2. The fourth-order valence-electron chi connectivity index (χ4n) is 3.47. The van der Waals surface area contributed by atoms with Crippen LogP contribution >= 0.6 is 0 Å². The average molecular weight is 296 g/mol. The highest BCUT2D eigenvalue weighted by molar-refractivity contribution is 6.35. The highest BCUT2D eigenvalue weighted by atomic mass is 16.7. The third kappa shape index (κ3) is 3.37.